The summed E-state index contributed by atoms with van der Waals surface area (Å²) in [7, 11) is 1.92. The quantitative estimate of drug-likeness (QED) is 0.920. The van der Waals surface area contributed by atoms with Crippen LogP contribution in [0.25, 0.3) is 0 Å². The van der Waals surface area contributed by atoms with Gasteiger partial charge in [0.1, 0.15) is 17.4 Å². The Bertz CT molecular complexity index is 470. The Kier molecular flexibility index (Phi) is 4.53. The number of rotatable bonds is 5. The van der Waals surface area contributed by atoms with Crippen molar-refractivity contribution < 1.29 is 4.74 Å². The topological polar surface area (TPSA) is 34.2 Å². The maximum absolute atomic E-state index is 5.64. The molecule has 5 heteroatoms. The predicted octanol–water partition coefficient (Wildman–Crippen LogP) is 3.20. The highest BCUT2D eigenvalue weighted by Gasteiger charge is 2.02. The van der Waals surface area contributed by atoms with Gasteiger partial charge in [-0.2, -0.15) is 0 Å². The zero-order valence-corrected chi connectivity index (χ0v) is 11.8. The lowest BCUT2D eigenvalue weighted by Crippen LogP contribution is -2.05. The average molecular weight is 313 g/mol. The van der Waals surface area contributed by atoms with Crippen molar-refractivity contribution in [3.63, 3.8) is 0 Å². The summed E-state index contributed by atoms with van der Waals surface area (Å²) in [5.41, 5.74) is 0.975. The fourth-order valence-electron chi connectivity index (χ4n) is 1.34. The lowest BCUT2D eigenvalue weighted by Gasteiger charge is -2.03. The zero-order valence-electron chi connectivity index (χ0n) is 9.44. The van der Waals surface area contributed by atoms with Crippen LogP contribution in [-0.4, -0.2) is 12.0 Å². The van der Waals surface area contributed by atoms with Gasteiger partial charge in [0.25, 0.3) is 0 Å². The van der Waals surface area contributed by atoms with E-state index in [2.05, 4.69) is 26.2 Å². The molecule has 1 aromatic heterocycles. The summed E-state index contributed by atoms with van der Waals surface area (Å²) in [4.78, 5) is 4.45. The second kappa shape index (κ2) is 6.14. The van der Waals surface area contributed by atoms with Gasteiger partial charge < -0.3 is 10.1 Å². The molecule has 3 nitrogen and oxygen atoms in total. The van der Waals surface area contributed by atoms with Gasteiger partial charge in [-0.25, -0.2) is 4.98 Å². The standard InChI is InChI=1S/C12H13BrN2OS/c1-14-6-12-15-10(8-17-12)7-16-11-4-2-9(13)3-5-11/h2-5,8,14H,6-7H2,1H3. The maximum atomic E-state index is 5.64. The Hall–Kier alpha value is -0.910. The van der Waals surface area contributed by atoms with Crippen molar-refractivity contribution in [2.45, 2.75) is 13.2 Å². The van der Waals surface area contributed by atoms with Crippen molar-refractivity contribution in [1.29, 1.82) is 0 Å². The van der Waals surface area contributed by atoms with E-state index in [-0.39, 0.29) is 0 Å². The zero-order chi connectivity index (χ0) is 12.1. The Balaban J connectivity index is 1.90. The van der Waals surface area contributed by atoms with Crippen LogP contribution in [0, 0.1) is 0 Å². The molecule has 0 fully saturated rings. The molecule has 0 aliphatic rings. The van der Waals surface area contributed by atoms with Crippen LogP contribution in [0.2, 0.25) is 0 Å². The number of hydrogen-bond donors (Lipinski definition) is 1. The van der Waals surface area contributed by atoms with Crippen LogP contribution in [0.3, 0.4) is 0 Å². The number of nitrogens with one attached hydrogen (secondary N) is 1. The Morgan fingerprint density at radius 2 is 2.12 bits per heavy atom. The Labute approximate surface area is 113 Å². The van der Waals surface area contributed by atoms with E-state index in [1.807, 2.05) is 36.7 Å². The molecule has 0 unspecified atom stereocenters. The molecule has 0 saturated carbocycles. The second-order valence-corrected chi connectivity index (χ2v) is 5.36. The number of hydrogen-bond acceptors (Lipinski definition) is 4. The summed E-state index contributed by atoms with van der Waals surface area (Å²) in [5.74, 6) is 0.858. The predicted molar refractivity (Wildman–Crippen MR) is 73.4 cm³/mol. The molecule has 0 saturated heterocycles. The van der Waals surface area contributed by atoms with Gasteiger partial charge in [-0.3, -0.25) is 0 Å². The van der Waals surface area contributed by atoms with Crippen molar-refractivity contribution in [3.8, 4) is 5.75 Å². The van der Waals surface area contributed by atoms with Crippen LogP contribution < -0.4 is 10.1 Å². The van der Waals surface area contributed by atoms with Crippen LogP contribution in [0.15, 0.2) is 34.1 Å². The van der Waals surface area contributed by atoms with Crippen LogP contribution in [0.5, 0.6) is 5.75 Å². The lowest BCUT2D eigenvalue weighted by atomic mass is 10.3. The molecule has 2 aromatic rings. The largest absolute Gasteiger partial charge is 0.487 e. The van der Waals surface area contributed by atoms with E-state index in [0.29, 0.717) is 6.61 Å². The molecule has 0 bridgehead atoms. The number of benzene rings is 1. The molecule has 0 amide bonds. The van der Waals surface area contributed by atoms with E-state index in [4.69, 9.17) is 4.74 Å². The van der Waals surface area contributed by atoms with E-state index in [1.165, 1.54) is 0 Å². The summed E-state index contributed by atoms with van der Waals surface area (Å²) < 4.78 is 6.69. The first-order valence-corrected chi connectivity index (χ1v) is 6.91. The van der Waals surface area contributed by atoms with Crippen molar-refractivity contribution in [1.82, 2.24) is 10.3 Å². The third kappa shape index (κ3) is 3.80. The molecule has 0 atom stereocenters. The number of nitrogens with zero attached hydrogens (tertiary/aromatic N) is 1. The Morgan fingerprint density at radius 1 is 1.35 bits per heavy atom. The highest BCUT2D eigenvalue weighted by Crippen LogP contribution is 2.18. The normalized spacial score (nSPS) is 10.5. The molecule has 1 N–H and O–H groups in total. The molecule has 0 aliphatic heterocycles. The summed E-state index contributed by atoms with van der Waals surface area (Å²) in [5, 5.41) is 6.20. The van der Waals surface area contributed by atoms with Crippen LogP contribution >= 0.6 is 27.3 Å². The molecule has 1 aromatic carbocycles. The van der Waals surface area contributed by atoms with Gasteiger partial charge in [0.2, 0.25) is 0 Å². The summed E-state index contributed by atoms with van der Waals surface area (Å²) in [6.45, 7) is 1.32. The van der Waals surface area contributed by atoms with Gasteiger partial charge in [-0.05, 0) is 31.3 Å². The van der Waals surface area contributed by atoms with Gasteiger partial charge in [0.05, 0.1) is 5.69 Å². The highest BCUT2D eigenvalue weighted by molar-refractivity contribution is 9.10. The van der Waals surface area contributed by atoms with Gasteiger partial charge in [-0.15, -0.1) is 11.3 Å². The minimum atomic E-state index is 0.516. The van der Waals surface area contributed by atoms with E-state index < -0.39 is 0 Å². The van der Waals surface area contributed by atoms with Crippen molar-refractivity contribution >= 4 is 27.3 Å². The maximum Gasteiger partial charge on any atom is 0.131 e. The fourth-order valence-corrected chi connectivity index (χ4v) is 2.39. The molecule has 17 heavy (non-hydrogen) atoms. The van der Waals surface area contributed by atoms with E-state index in [0.717, 1.165) is 27.5 Å². The van der Waals surface area contributed by atoms with Gasteiger partial charge >= 0.3 is 0 Å². The van der Waals surface area contributed by atoms with Crippen molar-refractivity contribution in [2.75, 3.05) is 7.05 Å². The third-order valence-electron chi connectivity index (χ3n) is 2.13. The fraction of sp³-hybridized carbons (Fsp3) is 0.250. The van der Waals surface area contributed by atoms with Crippen molar-refractivity contribution in [2.24, 2.45) is 0 Å². The minimum Gasteiger partial charge on any atom is -0.487 e. The second-order valence-electron chi connectivity index (χ2n) is 3.51. The van der Waals surface area contributed by atoms with Crippen LogP contribution in [-0.2, 0) is 13.2 Å². The SMILES string of the molecule is CNCc1nc(COc2ccc(Br)cc2)cs1. The third-order valence-corrected chi connectivity index (χ3v) is 3.55. The van der Waals surface area contributed by atoms with E-state index >= 15 is 0 Å². The van der Waals surface area contributed by atoms with Crippen LogP contribution in [0.1, 0.15) is 10.7 Å². The van der Waals surface area contributed by atoms with Gasteiger partial charge in [-0.1, -0.05) is 15.9 Å². The average Bonchev–Trinajstić information content (AvgIpc) is 2.77. The van der Waals surface area contributed by atoms with Gasteiger partial charge in [0.15, 0.2) is 0 Å². The minimum absolute atomic E-state index is 0.516. The molecular weight excluding hydrogens is 300 g/mol. The molecule has 0 aliphatic carbocycles. The van der Waals surface area contributed by atoms with Gasteiger partial charge in [0, 0.05) is 16.4 Å². The number of ether oxygens (including phenoxy) is 1. The lowest BCUT2D eigenvalue weighted by molar-refractivity contribution is 0.302. The van der Waals surface area contributed by atoms with Crippen LogP contribution in [0.4, 0.5) is 0 Å². The van der Waals surface area contributed by atoms with E-state index in [1.54, 1.807) is 11.3 Å². The highest BCUT2D eigenvalue weighted by atomic mass is 79.9. The summed E-state index contributed by atoms with van der Waals surface area (Å²) >= 11 is 5.04. The molecule has 90 valence electrons. The monoisotopic (exact) mass is 312 g/mol. The van der Waals surface area contributed by atoms with Crippen molar-refractivity contribution in [3.05, 3.63) is 44.8 Å². The molecular formula is C12H13BrN2OS. The molecule has 1 heterocycles. The molecule has 0 radical (unpaired) electrons. The summed E-state index contributed by atoms with van der Waals surface area (Å²) in [6, 6.07) is 7.79. The van der Waals surface area contributed by atoms with E-state index in [9.17, 15) is 0 Å². The molecule has 0 spiro atoms. The summed E-state index contributed by atoms with van der Waals surface area (Å²) in [6.07, 6.45) is 0. The first-order chi connectivity index (χ1) is 8.28. The first kappa shape index (κ1) is 12.5. The first-order valence-electron chi connectivity index (χ1n) is 5.24. The smallest absolute Gasteiger partial charge is 0.131 e. The number of thiazole rings is 1. The molecule has 2 rings (SSSR count). The number of halogens is 1. The number of aromatic nitrogens is 1. The Morgan fingerprint density at radius 3 is 2.82 bits per heavy atom.